The number of hydrogen-bond acceptors (Lipinski definition) is 2. The maximum Gasteiger partial charge on any atom is 0.335 e. The van der Waals surface area contributed by atoms with E-state index in [1.54, 1.807) is 12.1 Å². The summed E-state index contributed by atoms with van der Waals surface area (Å²) in [6.45, 7) is 5.36. The van der Waals surface area contributed by atoms with Crippen LogP contribution in [0.25, 0.3) is 10.9 Å². The average molecular weight is 407 g/mol. The van der Waals surface area contributed by atoms with Gasteiger partial charge in [0, 0.05) is 42.7 Å². The van der Waals surface area contributed by atoms with E-state index in [0.29, 0.717) is 19.5 Å². The normalized spacial score (nSPS) is 24.6. The van der Waals surface area contributed by atoms with Gasteiger partial charge in [0.25, 0.3) is 0 Å². The molecule has 0 bridgehead atoms. The molecule has 0 amide bonds. The number of halogens is 1. The molecule has 2 fully saturated rings. The van der Waals surface area contributed by atoms with Crippen LogP contribution in [-0.4, -0.2) is 33.2 Å². The molecule has 0 spiro atoms. The first-order chi connectivity index (χ1) is 14.4. The molecule has 4 nitrogen and oxygen atoms in total. The summed E-state index contributed by atoms with van der Waals surface area (Å²) in [7, 11) is 0. The van der Waals surface area contributed by atoms with Crippen LogP contribution in [0, 0.1) is 19.8 Å². The van der Waals surface area contributed by atoms with Crippen molar-refractivity contribution in [3.8, 4) is 0 Å². The van der Waals surface area contributed by atoms with Crippen LogP contribution in [-0.2, 0) is 6.54 Å². The number of carboxylic acids is 1. The van der Waals surface area contributed by atoms with Gasteiger partial charge in [-0.1, -0.05) is 18.2 Å². The zero-order valence-corrected chi connectivity index (χ0v) is 17.4. The number of carboxylic acid groups (broad SMARTS) is 1. The van der Waals surface area contributed by atoms with Crippen molar-refractivity contribution in [1.82, 2.24) is 9.88 Å². The summed E-state index contributed by atoms with van der Waals surface area (Å²) in [5.74, 6) is -0.775. The van der Waals surface area contributed by atoms with Gasteiger partial charge < -0.3 is 10.1 Å². The average Bonchev–Trinajstić information content (AvgIpc) is 3.37. The molecule has 5 rings (SSSR count). The maximum absolute atomic E-state index is 15.9. The van der Waals surface area contributed by atoms with Gasteiger partial charge in [-0.05, 0) is 73.1 Å². The summed E-state index contributed by atoms with van der Waals surface area (Å²) in [6, 6.07) is 11.2. The van der Waals surface area contributed by atoms with E-state index < -0.39 is 11.6 Å². The maximum atomic E-state index is 15.9. The van der Waals surface area contributed by atoms with Gasteiger partial charge in [-0.2, -0.15) is 0 Å². The van der Waals surface area contributed by atoms with Gasteiger partial charge in [0.05, 0.1) is 5.56 Å². The number of aromatic carboxylic acids is 1. The number of likely N-dealkylation sites (tertiary alicyclic amines) is 1. The summed E-state index contributed by atoms with van der Waals surface area (Å²) in [5, 5.41) is 10.4. The lowest BCUT2D eigenvalue weighted by Crippen LogP contribution is -2.31. The number of aromatic amines is 1. The van der Waals surface area contributed by atoms with Gasteiger partial charge in [-0.15, -0.1) is 0 Å². The fraction of sp³-hybridized carbons (Fsp3) is 0.400. The van der Waals surface area contributed by atoms with Crippen molar-refractivity contribution in [2.75, 3.05) is 6.54 Å². The Kier molecular flexibility index (Phi) is 4.47. The Labute approximate surface area is 175 Å². The second kappa shape index (κ2) is 6.95. The van der Waals surface area contributed by atoms with Crippen LogP contribution in [0.5, 0.6) is 0 Å². The molecular weight excluding hydrogens is 379 g/mol. The lowest BCUT2D eigenvalue weighted by molar-refractivity contribution is 0.0697. The van der Waals surface area contributed by atoms with E-state index in [2.05, 4.69) is 35.9 Å². The highest BCUT2D eigenvalue weighted by molar-refractivity contribution is 5.88. The van der Waals surface area contributed by atoms with Gasteiger partial charge in [-0.25, -0.2) is 9.18 Å². The van der Waals surface area contributed by atoms with Crippen molar-refractivity contribution in [3.05, 3.63) is 70.4 Å². The molecule has 30 heavy (non-hydrogen) atoms. The third kappa shape index (κ3) is 3.21. The Morgan fingerprint density at radius 1 is 1.20 bits per heavy atom. The Bertz CT molecular complexity index is 1120. The lowest BCUT2D eigenvalue weighted by atomic mass is 9.93. The van der Waals surface area contributed by atoms with E-state index >= 15 is 4.39 Å². The molecule has 1 aliphatic heterocycles. The molecule has 1 saturated heterocycles. The number of rotatable bonds is 5. The third-order valence-electron chi connectivity index (χ3n) is 7.03. The zero-order chi connectivity index (χ0) is 21.0. The van der Waals surface area contributed by atoms with Crippen LogP contribution in [0.3, 0.4) is 0 Å². The van der Waals surface area contributed by atoms with Crippen molar-refractivity contribution >= 4 is 16.9 Å². The number of carbonyl (C=O) groups is 1. The van der Waals surface area contributed by atoms with Gasteiger partial charge in [0.1, 0.15) is 5.67 Å². The highest BCUT2D eigenvalue weighted by atomic mass is 19.1. The van der Waals surface area contributed by atoms with Crippen molar-refractivity contribution in [1.29, 1.82) is 0 Å². The number of nitrogens with zero attached hydrogens (tertiary/aromatic N) is 1. The van der Waals surface area contributed by atoms with Gasteiger partial charge in [0.2, 0.25) is 0 Å². The summed E-state index contributed by atoms with van der Waals surface area (Å²) in [6.07, 6.45) is 4.39. The molecule has 3 aromatic rings. The molecule has 1 aliphatic carbocycles. The van der Waals surface area contributed by atoms with Gasteiger partial charge in [0.15, 0.2) is 0 Å². The molecular formula is C25H27FN2O2. The van der Waals surface area contributed by atoms with Crippen LogP contribution >= 0.6 is 0 Å². The Morgan fingerprint density at radius 2 is 1.93 bits per heavy atom. The smallest absolute Gasteiger partial charge is 0.335 e. The van der Waals surface area contributed by atoms with Crippen LogP contribution < -0.4 is 0 Å². The van der Waals surface area contributed by atoms with E-state index in [1.165, 1.54) is 22.1 Å². The van der Waals surface area contributed by atoms with Gasteiger partial charge in [-0.3, -0.25) is 4.90 Å². The number of fused-ring (bicyclic) bond motifs is 1. The molecule has 1 saturated carbocycles. The highest BCUT2D eigenvalue weighted by Crippen LogP contribution is 2.53. The number of H-pyrrole nitrogens is 1. The standard InChI is InChI=1S/C25H27FN2O2/c1-15-11-16(2)23-20(9-10-27-23)21(15)13-28-14-25(26,19-7-8-19)12-22(28)17-3-5-18(6-4-17)24(29)30/h3-6,9-11,19,22,27H,7-8,12-14H2,1-2H3,(H,29,30). The van der Waals surface area contributed by atoms with Crippen LogP contribution in [0.15, 0.2) is 42.6 Å². The molecule has 2 aromatic carbocycles. The third-order valence-corrected chi connectivity index (χ3v) is 7.03. The van der Waals surface area contributed by atoms with E-state index in [1.807, 2.05) is 18.3 Å². The minimum absolute atomic E-state index is 0.0480. The first-order valence-electron chi connectivity index (χ1n) is 10.7. The molecule has 156 valence electrons. The molecule has 1 aromatic heterocycles. The molecule has 2 heterocycles. The quantitative estimate of drug-likeness (QED) is 0.584. The summed E-state index contributed by atoms with van der Waals surface area (Å²) >= 11 is 0. The number of aromatic nitrogens is 1. The molecule has 2 unspecified atom stereocenters. The van der Waals surface area contributed by atoms with Crippen molar-refractivity contribution in [2.45, 2.75) is 51.4 Å². The summed E-state index contributed by atoms with van der Waals surface area (Å²) < 4.78 is 15.9. The number of hydrogen-bond donors (Lipinski definition) is 2. The molecule has 2 aliphatic rings. The molecule has 2 atom stereocenters. The Hall–Kier alpha value is -2.66. The SMILES string of the molecule is Cc1cc(C)c2[nH]ccc2c1CN1CC(F)(C2CC2)CC1c1ccc(C(=O)O)cc1. The minimum Gasteiger partial charge on any atom is -0.478 e. The van der Waals surface area contributed by atoms with E-state index in [9.17, 15) is 9.90 Å². The number of aryl methyl sites for hydroxylation is 2. The Balaban J connectivity index is 1.51. The number of benzene rings is 2. The monoisotopic (exact) mass is 406 g/mol. The molecule has 5 heteroatoms. The molecule has 2 N–H and O–H groups in total. The van der Waals surface area contributed by atoms with Crippen molar-refractivity contribution in [3.63, 3.8) is 0 Å². The number of alkyl halides is 1. The lowest BCUT2D eigenvalue weighted by Gasteiger charge is -2.26. The topological polar surface area (TPSA) is 56.3 Å². The van der Waals surface area contributed by atoms with Crippen LogP contribution in [0.4, 0.5) is 4.39 Å². The first kappa shape index (κ1) is 19.3. The summed E-state index contributed by atoms with van der Waals surface area (Å²) in [4.78, 5) is 16.8. The minimum atomic E-state index is -1.16. The van der Waals surface area contributed by atoms with E-state index in [0.717, 1.165) is 23.9 Å². The second-order valence-electron chi connectivity index (χ2n) is 9.12. The highest BCUT2D eigenvalue weighted by Gasteiger charge is 2.53. The van der Waals surface area contributed by atoms with Crippen LogP contribution in [0.2, 0.25) is 0 Å². The predicted molar refractivity (Wildman–Crippen MR) is 116 cm³/mol. The van der Waals surface area contributed by atoms with Crippen molar-refractivity contribution < 1.29 is 14.3 Å². The molecule has 0 radical (unpaired) electrons. The fourth-order valence-electron chi connectivity index (χ4n) is 5.26. The Morgan fingerprint density at radius 3 is 2.60 bits per heavy atom. The van der Waals surface area contributed by atoms with E-state index in [4.69, 9.17) is 0 Å². The summed E-state index contributed by atoms with van der Waals surface area (Å²) in [5.41, 5.74) is 4.93. The van der Waals surface area contributed by atoms with E-state index in [-0.39, 0.29) is 17.5 Å². The van der Waals surface area contributed by atoms with Crippen molar-refractivity contribution in [2.24, 2.45) is 5.92 Å². The van der Waals surface area contributed by atoms with Crippen LogP contribution in [0.1, 0.15) is 57.9 Å². The predicted octanol–water partition coefficient (Wildman–Crippen LogP) is 5.55. The second-order valence-corrected chi connectivity index (χ2v) is 9.12. The largest absolute Gasteiger partial charge is 0.478 e. The number of nitrogens with one attached hydrogen (secondary N) is 1. The fourth-order valence-corrected chi connectivity index (χ4v) is 5.26. The zero-order valence-electron chi connectivity index (χ0n) is 17.4. The first-order valence-corrected chi connectivity index (χ1v) is 10.7. The van der Waals surface area contributed by atoms with Gasteiger partial charge >= 0.3 is 5.97 Å².